The minimum Gasteiger partial charge on any atom is -0.422 e. The van der Waals surface area contributed by atoms with Crippen LogP contribution in [0.4, 0.5) is 0 Å². The largest absolute Gasteiger partial charge is 0.422 e. The van der Waals surface area contributed by atoms with Gasteiger partial charge in [-0.25, -0.2) is 4.79 Å². The molecule has 2 aromatic heterocycles. The first-order valence-corrected chi connectivity index (χ1v) is 8.49. The zero-order valence-electron chi connectivity index (χ0n) is 13.7. The molecule has 0 aliphatic rings. The molecule has 0 unspecified atom stereocenters. The molecule has 0 aliphatic heterocycles. The first-order valence-electron chi connectivity index (χ1n) is 7.67. The lowest BCUT2D eigenvalue weighted by molar-refractivity contribution is 0.0740. The minimum absolute atomic E-state index is 0.392. The Morgan fingerprint density at radius 2 is 2.08 bits per heavy atom. The molecule has 0 bridgehead atoms. The highest BCUT2D eigenvalue weighted by atomic mass is 32.1. The number of thiophene rings is 1. The Balaban J connectivity index is 1.85. The molecular formula is C18H17N3O2S. The van der Waals surface area contributed by atoms with Gasteiger partial charge in [0.25, 0.3) is 0 Å². The number of nitriles is 1. The molecule has 122 valence electrons. The SMILES string of the molecule is Cc1nn(CC(C)C)c2sc(C(=O)Oc3ccc(C#N)cc3)cc12. The van der Waals surface area contributed by atoms with Gasteiger partial charge in [-0.3, -0.25) is 4.68 Å². The van der Waals surface area contributed by atoms with Crippen molar-refractivity contribution < 1.29 is 9.53 Å². The fourth-order valence-corrected chi connectivity index (χ4v) is 3.49. The van der Waals surface area contributed by atoms with Crippen LogP contribution in [0.5, 0.6) is 5.75 Å². The molecule has 2 heterocycles. The van der Waals surface area contributed by atoms with Crippen LogP contribution in [0.25, 0.3) is 10.2 Å². The second kappa shape index (κ2) is 6.46. The predicted molar refractivity (Wildman–Crippen MR) is 93.3 cm³/mol. The van der Waals surface area contributed by atoms with Crippen molar-refractivity contribution in [1.82, 2.24) is 9.78 Å². The average molecular weight is 339 g/mol. The van der Waals surface area contributed by atoms with Gasteiger partial charge < -0.3 is 4.74 Å². The number of rotatable bonds is 4. The quantitative estimate of drug-likeness (QED) is 0.529. The topological polar surface area (TPSA) is 67.9 Å². The number of nitrogens with zero attached hydrogens (tertiary/aromatic N) is 3. The number of benzene rings is 1. The lowest BCUT2D eigenvalue weighted by atomic mass is 10.2. The van der Waals surface area contributed by atoms with Gasteiger partial charge in [0.2, 0.25) is 0 Å². The Morgan fingerprint density at radius 3 is 2.71 bits per heavy atom. The zero-order chi connectivity index (χ0) is 17.3. The number of hydrogen-bond acceptors (Lipinski definition) is 5. The number of carbonyl (C=O) groups excluding carboxylic acids is 1. The highest BCUT2D eigenvalue weighted by Crippen LogP contribution is 2.29. The molecule has 0 radical (unpaired) electrons. The number of aryl methyl sites for hydroxylation is 1. The molecule has 0 spiro atoms. The van der Waals surface area contributed by atoms with E-state index in [1.807, 2.05) is 23.7 Å². The molecule has 0 saturated heterocycles. The van der Waals surface area contributed by atoms with E-state index >= 15 is 0 Å². The van der Waals surface area contributed by atoms with Crippen LogP contribution < -0.4 is 4.74 Å². The molecule has 0 fully saturated rings. The van der Waals surface area contributed by atoms with E-state index in [9.17, 15) is 4.79 Å². The lowest BCUT2D eigenvalue weighted by Crippen LogP contribution is -2.07. The summed E-state index contributed by atoms with van der Waals surface area (Å²) in [5.74, 6) is 0.511. The second-order valence-corrected chi connectivity index (χ2v) is 7.05. The van der Waals surface area contributed by atoms with E-state index in [0.29, 0.717) is 22.1 Å². The average Bonchev–Trinajstić information content (AvgIpc) is 3.10. The first kappa shape index (κ1) is 16.2. The van der Waals surface area contributed by atoms with Crippen LogP contribution in [0.15, 0.2) is 30.3 Å². The highest BCUT2D eigenvalue weighted by Gasteiger charge is 2.18. The van der Waals surface area contributed by atoms with Crippen molar-refractivity contribution in [3.05, 3.63) is 46.5 Å². The number of ether oxygens (including phenoxy) is 1. The maximum absolute atomic E-state index is 12.4. The molecule has 0 N–H and O–H groups in total. The van der Waals surface area contributed by atoms with Crippen LogP contribution >= 0.6 is 11.3 Å². The van der Waals surface area contributed by atoms with Crippen LogP contribution in [0.2, 0.25) is 0 Å². The summed E-state index contributed by atoms with van der Waals surface area (Å²) in [6, 6.07) is 10.4. The van der Waals surface area contributed by atoms with Gasteiger partial charge in [-0.05, 0) is 43.2 Å². The third-order valence-corrected chi connectivity index (χ3v) is 4.67. The predicted octanol–water partition coefficient (Wildman–Crippen LogP) is 4.15. The summed E-state index contributed by atoms with van der Waals surface area (Å²) < 4.78 is 7.35. The summed E-state index contributed by atoms with van der Waals surface area (Å²) >= 11 is 1.40. The standard InChI is InChI=1S/C18H17N3O2S/c1-11(2)10-21-17-15(12(3)20-21)8-16(24-17)18(22)23-14-6-4-13(9-19)5-7-14/h4-8,11H,10H2,1-3H3. The molecule has 6 heteroatoms. The van der Waals surface area contributed by atoms with E-state index in [-0.39, 0.29) is 0 Å². The first-order chi connectivity index (χ1) is 11.5. The molecule has 5 nitrogen and oxygen atoms in total. The van der Waals surface area contributed by atoms with Crippen molar-refractivity contribution in [2.45, 2.75) is 27.3 Å². The van der Waals surface area contributed by atoms with E-state index in [1.54, 1.807) is 24.3 Å². The van der Waals surface area contributed by atoms with Gasteiger partial charge in [0, 0.05) is 11.9 Å². The number of esters is 1. The van der Waals surface area contributed by atoms with E-state index in [4.69, 9.17) is 10.00 Å². The normalized spacial score (nSPS) is 11.0. The van der Waals surface area contributed by atoms with Crippen LogP contribution in [0.3, 0.4) is 0 Å². The highest BCUT2D eigenvalue weighted by molar-refractivity contribution is 7.20. The summed E-state index contributed by atoms with van der Waals surface area (Å²) in [6.07, 6.45) is 0. The Hall–Kier alpha value is -2.65. The molecular weight excluding hydrogens is 322 g/mol. The van der Waals surface area contributed by atoms with Crippen LogP contribution in [0, 0.1) is 24.2 Å². The van der Waals surface area contributed by atoms with Crippen LogP contribution in [0.1, 0.15) is 34.8 Å². The number of fused-ring (bicyclic) bond motifs is 1. The summed E-state index contributed by atoms with van der Waals surface area (Å²) in [6.45, 7) is 7.03. The van der Waals surface area contributed by atoms with E-state index in [0.717, 1.165) is 22.5 Å². The number of carbonyl (C=O) groups is 1. The van der Waals surface area contributed by atoms with Gasteiger partial charge in [0.1, 0.15) is 15.5 Å². The van der Waals surface area contributed by atoms with Crippen molar-refractivity contribution in [2.24, 2.45) is 5.92 Å². The molecule has 3 aromatic rings. The second-order valence-electron chi connectivity index (χ2n) is 6.02. The summed E-state index contributed by atoms with van der Waals surface area (Å²) in [5, 5.41) is 14.3. The Kier molecular flexibility index (Phi) is 4.36. The Morgan fingerprint density at radius 1 is 1.38 bits per heavy atom. The fourth-order valence-electron chi connectivity index (χ4n) is 2.44. The van der Waals surface area contributed by atoms with Crippen molar-refractivity contribution in [3.8, 4) is 11.8 Å². The maximum atomic E-state index is 12.4. The van der Waals surface area contributed by atoms with Gasteiger partial charge in [0.15, 0.2) is 0 Å². The van der Waals surface area contributed by atoms with E-state index in [1.165, 1.54) is 11.3 Å². The molecule has 0 amide bonds. The van der Waals surface area contributed by atoms with Crippen molar-refractivity contribution >= 4 is 27.5 Å². The van der Waals surface area contributed by atoms with Gasteiger partial charge in [-0.2, -0.15) is 10.4 Å². The van der Waals surface area contributed by atoms with Crippen molar-refractivity contribution in [1.29, 1.82) is 5.26 Å². The number of aromatic nitrogens is 2. The third-order valence-electron chi connectivity index (χ3n) is 3.54. The van der Waals surface area contributed by atoms with Gasteiger partial charge in [-0.1, -0.05) is 13.8 Å². The zero-order valence-corrected chi connectivity index (χ0v) is 14.6. The van der Waals surface area contributed by atoms with E-state index < -0.39 is 5.97 Å². The van der Waals surface area contributed by atoms with Gasteiger partial charge in [0.05, 0.1) is 17.3 Å². The Bertz CT molecular complexity index is 930. The smallest absolute Gasteiger partial charge is 0.353 e. The molecule has 3 rings (SSSR count). The molecule has 1 aromatic carbocycles. The molecule has 0 aliphatic carbocycles. The summed E-state index contributed by atoms with van der Waals surface area (Å²) in [7, 11) is 0. The monoisotopic (exact) mass is 339 g/mol. The van der Waals surface area contributed by atoms with Crippen LogP contribution in [-0.2, 0) is 6.54 Å². The summed E-state index contributed by atoms with van der Waals surface area (Å²) in [5.41, 5.74) is 1.44. The van der Waals surface area contributed by atoms with Gasteiger partial charge in [-0.15, -0.1) is 11.3 Å². The fraction of sp³-hybridized carbons (Fsp3) is 0.278. The van der Waals surface area contributed by atoms with Crippen LogP contribution in [-0.4, -0.2) is 15.7 Å². The van der Waals surface area contributed by atoms with Crippen molar-refractivity contribution in [3.63, 3.8) is 0 Å². The summed E-state index contributed by atoms with van der Waals surface area (Å²) in [4.78, 5) is 13.9. The molecule has 0 atom stereocenters. The van der Waals surface area contributed by atoms with E-state index in [2.05, 4.69) is 18.9 Å². The maximum Gasteiger partial charge on any atom is 0.353 e. The lowest BCUT2D eigenvalue weighted by Gasteiger charge is -2.05. The molecule has 24 heavy (non-hydrogen) atoms. The Labute approximate surface area is 144 Å². The minimum atomic E-state index is -0.392. The number of hydrogen-bond donors (Lipinski definition) is 0. The van der Waals surface area contributed by atoms with Gasteiger partial charge >= 0.3 is 5.97 Å². The molecule has 0 saturated carbocycles. The van der Waals surface area contributed by atoms with Crippen molar-refractivity contribution in [2.75, 3.05) is 0 Å². The third kappa shape index (κ3) is 3.17.